The Hall–Kier alpha value is -2.62. The van der Waals surface area contributed by atoms with Crippen molar-refractivity contribution in [3.8, 4) is 11.7 Å². The number of furan rings is 1. The van der Waals surface area contributed by atoms with Crippen LogP contribution in [0.15, 0.2) is 53.2 Å². The quantitative estimate of drug-likeness (QED) is 0.809. The monoisotopic (exact) mass is 240 g/mol. The Morgan fingerprint density at radius 3 is 2.44 bits per heavy atom. The SMILES string of the molecule is O=C1C=CC(=O)c2cc(Oc3ccco3)ccc21. The molecule has 1 aliphatic rings. The van der Waals surface area contributed by atoms with Crippen molar-refractivity contribution in [1.29, 1.82) is 0 Å². The number of hydrogen-bond acceptors (Lipinski definition) is 4. The fourth-order valence-corrected chi connectivity index (χ4v) is 1.77. The standard InChI is InChI=1S/C14H8O4/c15-12-5-6-13(16)11-8-9(3-4-10(11)12)18-14-2-1-7-17-14/h1-8H. The lowest BCUT2D eigenvalue weighted by molar-refractivity contribution is 0.0994. The average Bonchev–Trinajstić information content (AvgIpc) is 2.87. The third kappa shape index (κ3) is 1.73. The number of carbonyl (C=O) groups excluding carboxylic acids is 2. The molecule has 4 nitrogen and oxygen atoms in total. The normalized spacial score (nSPS) is 13.6. The van der Waals surface area contributed by atoms with Gasteiger partial charge in [0, 0.05) is 17.2 Å². The maximum absolute atomic E-state index is 11.7. The van der Waals surface area contributed by atoms with E-state index in [0.29, 0.717) is 22.8 Å². The lowest BCUT2D eigenvalue weighted by atomic mass is 9.95. The molecule has 0 N–H and O–H groups in total. The number of carbonyl (C=O) groups is 2. The summed E-state index contributed by atoms with van der Waals surface area (Å²) in [5.74, 6) is 0.420. The summed E-state index contributed by atoms with van der Waals surface area (Å²) in [4.78, 5) is 23.2. The van der Waals surface area contributed by atoms with Gasteiger partial charge in [0.2, 0.25) is 0 Å². The van der Waals surface area contributed by atoms with Crippen LogP contribution in [0.25, 0.3) is 0 Å². The van der Waals surface area contributed by atoms with E-state index in [1.807, 2.05) is 0 Å². The molecule has 3 rings (SSSR count). The number of ketones is 2. The summed E-state index contributed by atoms with van der Waals surface area (Å²) in [6, 6.07) is 8.11. The number of allylic oxidation sites excluding steroid dienone is 2. The maximum Gasteiger partial charge on any atom is 0.289 e. The minimum absolute atomic E-state index is 0.172. The number of ether oxygens (including phenoxy) is 1. The zero-order valence-corrected chi connectivity index (χ0v) is 9.25. The van der Waals surface area contributed by atoms with Crippen LogP contribution in [0.2, 0.25) is 0 Å². The van der Waals surface area contributed by atoms with Crippen molar-refractivity contribution >= 4 is 11.6 Å². The first-order valence-electron chi connectivity index (χ1n) is 5.36. The number of rotatable bonds is 2. The molecule has 18 heavy (non-hydrogen) atoms. The van der Waals surface area contributed by atoms with Crippen LogP contribution in [0.5, 0.6) is 11.7 Å². The molecule has 0 radical (unpaired) electrons. The fraction of sp³-hybridized carbons (Fsp3) is 0. The maximum atomic E-state index is 11.7. The Bertz CT molecular complexity index is 650. The molecule has 1 heterocycles. The molecule has 0 aliphatic heterocycles. The van der Waals surface area contributed by atoms with Crippen molar-refractivity contribution < 1.29 is 18.7 Å². The summed E-state index contributed by atoms with van der Waals surface area (Å²) in [5.41, 5.74) is 0.751. The zero-order chi connectivity index (χ0) is 12.5. The molecule has 1 aromatic carbocycles. The van der Waals surface area contributed by atoms with Crippen LogP contribution in [0.4, 0.5) is 0 Å². The molecule has 0 saturated carbocycles. The van der Waals surface area contributed by atoms with Crippen LogP contribution in [-0.4, -0.2) is 11.6 Å². The fourth-order valence-electron chi connectivity index (χ4n) is 1.77. The van der Waals surface area contributed by atoms with Gasteiger partial charge in [-0.3, -0.25) is 9.59 Å². The van der Waals surface area contributed by atoms with Gasteiger partial charge in [-0.25, -0.2) is 0 Å². The summed E-state index contributed by atoms with van der Waals surface area (Å²) in [6.07, 6.45) is 4.03. The summed E-state index contributed by atoms with van der Waals surface area (Å²) >= 11 is 0. The summed E-state index contributed by atoms with van der Waals surface area (Å²) in [6.45, 7) is 0. The van der Waals surface area contributed by atoms with E-state index in [-0.39, 0.29) is 11.6 Å². The average molecular weight is 240 g/mol. The van der Waals surface area contributed by atoms with Crippen molar-refractivity contribution in [1.82, 2.24) is 0 Å². The Kier molecular flexibility index (Phi) is 2.34. The predicted molar refractivity (Wildman–Crippen MR) is 63.0 cm³/mol. The van der Waals surface area contributed by atoms with Gasteiger partial charge in [0.1, 0.15) is 5.75 Å². The molecule has 0 atom stereocenters. The van der Waals surface area contributed by atoms with E-state index < -0.39 is 0 Å². The molecule has 1 aromatic heterocycles. The van der Waals surface area contributed by atoms with E-state index in [4.69, 9.17) is 9.15 Å². The Labute approximate surface area is 102 Å². The Balaban J connectivity index is 1.99. The van der Waals surface area contributed by atoms with E-state index in [9.17, 15) is 9.59 Å². The van der Waals surface area contributed by atoms with Gasteiger partial charge in [0.25, 0.3) is 5.95 Å². The second-order valence-corrected chi connectivity index (χ2v) is 3.80. The van der Waals surface area contributed by atoms with Gasteiger partial charge in [-0.05, 0) is 36.4 Å². The molecule has 0 amide bonds. The van der Waals surface area contributed by atoms with Crippen LogP contribution >= 0.6 is 0 Å². The third-order valence-corrected chi connectivity index (χ3v) is 2.62. The first kappa shape index (κ1) is 10.5. The van der Waals surface area contributed by atoms with Crippen LogP contribution in [0, 0.1) is 0 Å². The highest BCUT2D eigenvalue weighted by Gasteiger charge is 2.19. The van der Waals surface area contributed by atoms with Gasteiger partial charge >= 0.3 is 0 Å². The van der Waals surface area contributed by atoms with Gasteiger partial charge in [-0.2, -0.15) is 0 Å². The largest absolute Gasteiger partial charge is 0.434 e. The van der Waals surface area contributed by atoms with E-state index >= 15 is 0 Å². The second-order valence-electron chi connectivity index (χ2n) is 3.80. The lowest BCUT2D eigenvalue weighted by Gasteiger charge is -2.10. The van der Waals surface area contributed by atoms with Crippen molar-refractivity contribution in [2.24, 2.45) is 0 Å². The number of benzene rings is 1. The first-order valence-corrected chi connectivity index (χ1v) is 5.36. The molecule has 2 aromatic rings. The van der Waals surface area contributed by atoms with Crippen molar-refractivity contribution in [3.05, 3.63) is 59.9 Å². The van der Waals surface area contributed by atoms with Gasteiger partial charge in [0.05, 0.1) is 6.26 Å². The molecule has 0 fully saturated rings. The highest BCUT2D eigenvalue weighted by Crippen LogP contribution is 2.26. The summed E-state index contributed by atoms with van der Waals surface area (Å²) in [7, 11) is 0. The van der Waals surface area contributed by atoms with E-state index in [2.05, 4.69) is 0 Å². The van der Waals surface area contributed by atoms with Crippen LogP contribution < -0.4 is 4.74 Å². The topological polar surface area (TPSA) is 56.5 Å². The first-order chi connectivity index (χ1) is 8.74. The molecule has 0 spiro atoms. The minimum atomic E-state index is -0.200. The van der Waals surface area contributed by atoms with E-state index in [1.54, 1.807) is 30.3 Å². The molecule has 4 heteroatoms. The number of hydrogen-bond donors (Lipinski definition) is 0. The molecular formula is C14H8O4. The highest BCUT2D eigenvalue weighted by atomic mass is 16.6. The third-order valence-electron chi connectivity index (χ3n) is 2.62. The minimum Gasteiger partial charge on any atom is -0.434 e. The summed E-state index contributed by atoms with van der Waals surface area (Å²) in [5, 5.41) is 0. The smallest absolute Gasteiger partial charge is 0.289 e. The van der Waals surface area contributed by atoms with Gasteiger partial charge in [-0.1, -0.05) is 0 Å². The van der Waals surface area contributed by atoms with Gasteiger partial charge in [-0.15, -0.1) is 0 Å². The zero-order valence-electron chi connectivity index (χ0n) is 9.25. The summed E-state index contributed by atoms with van der Waals surface area (Å²) < 4.78 is 10.5. The van der Waals surface area contributed by atoms with Crippen LogP contribution in [0.1, 0.15) is 20.7 Å². The molecule has 0 bridgehead atoms. The van der Waals surface area contributed by atoms with E-state index in [0.717, 1.165) is 0 Å². The molecule has 0 unspecified atom stereocenters. The molecule has 0 saturated heterocycles. The molecule has 1 aliphatic carbocycles. The second kappa shape index (κ2) is 4.00. The van der Waals surface area contributed by atoms with Gasteiger partial charge < -0.3 is 9.15 Å². The van der Waals surface area contributed by atoms with Gasteiger partial charge in [0.15, 0.2) is 11.6 Å². The Morgan fingerprint density at radius 1 is 0.944 bits per heavy atom. The van der Waals surface area contributed by atoms with Crippen molar-refractivity contribution in [2.45, 2.75) is 0 Å². The highest BCUT2D eigenvalue weighted by molar-refractivity contribution is 6.22. The van der Waals surface area contributed by atoms with Crippen molar-refractivity contribution in [2.75, 3.05) is 0 Å². The molecule has 88 valence electrons. The Morgan fingerprint density at radius 2 is 1.72 bits per heavy atom. The molecular weight excluding hydrogens is 232 g/mol. The number of fused-ring (bicyclic) bond motifs is 1. The van der Waals surface area contributed by atoms with Crippen LogP contribution in [0.3, 0.4) is 0 Å². The van der Waals surface area contributed by atoms with E-state index in [1.165, 1.54) is 18.4 Å². The van der Waals surface area contributed by atoms with Crippen molar-refractivity contribution in [3.63, 3.8) is 0 Å². The lowest BCUT2D eigenvalue weighted by Crippen LogP contribution is -2.11. The van der Waals surface area contributed by atoms with Crippen LogP contribution in [-0.2, 0) is 0 Å². The predicted octanol–water partition coefficient (Wildman–Crippen LogP) is 3.01.